The summed E-state index contributed by atoms with van der Waals surface area (Å²) in [6.45, 7) is 0.321. The summed E-state index contributed by atoms with van der Waals surface area (Å²) in [5, 5.41) is 17.1. The van der Waals surface area contributed by atoms with Gasteiger partial charge in [-0.05, 0) is 12.8 Å². The molecule has 1 unspecified atom stereocenters. The highest BCUT2D eigenvalue weighted by atomic mass is 32.2. The van der Waals surface area contributed by atoms with Crippen molar-refractivity contribution in [1.82, 2.24) is 4.31 Å². The molecular weight excluding hydrogens is 232 g/mol. The van der Waals surface area contributed by atoms with E-state index in [2.05, 4.69) is 0 Å². The second kappa shape index (κ2) is 5.27. The first-order valence-corrected chi connectivity index (χ1v) is 6.66. The standard InChI is InChI=1S/C9H14N2O4S/c10-4-6-16(14,15)11-5-2-1-3-8(11)7-9(12)13/h8H,1-3,5-7H2,(H,12,13). The van der Waals surface area contributed by atoms with Crippen LogP contribution in [0.4, 0.5) is 0 Å². The predicted octanol–water partition coefficient (Wildman–Crippen LogP) is 0.169. The molecule has 1 aliphatic rings. The van der Waals surface area contributed by atoms with Gasteiger partial charge in [0.2, 0.25) is 10.0 Å². The summed E-state index contributed by atoms with van der Waals surface area (Å²) < 4.78 is 24.6. The molecule has 0 saturated carbocycles. The smallest absolute Gasteiger partial charge is 0.304 e. The third-order valence-electron chi connectivity index (χ3n) is 2.59. The molecule has 0 aromatic rings. The van der Waals surface area contributed by atoms with E-state index in [4.69, 9.17) is 10.4 Å². The number of nitriles is 1. The van der Waals surface area contributed by atoms with Crippen molar-refractivity contribution in [3.63, 3.8) is 0 Å². The van der Waals surface area contributed by atoms with Crippen LogP contribution < -0.4 is 0 Å². The second-order valence-electron chi connectivity index (χ2n) is 3.77. The lowest BCUT2D eigenvalue weighted by molar-refractivity contribution is -0.138. The fourth-order valence-corrected chi connectivity index (χ4v) is 3.28. The molecule has 1 fully saturated rings. The molecule has 1 saturated heterocycles. The minimum atomic E-state index is -3.62. The Morgan fingerprint density at radius 2 is 2.19 bits per heavy atom. The molecule has 0 amide bonds. The Morgan fingerprint density at radius 1 is 1.50 bits per heavy atom. The highest BCUT2D eigenvalue weighted by molar-refractivity contribution is 7.89. The summed E-state index contributed by atoms with van der Waals surface area (Å²) >= 11 is 0. The number of rotatable bonds is 4. The van der Waals surface area contributed by atoms with Crippen molar-refractivity contribution < 1.29 is 18.3 Å². The zero-order chi connectivity index (χ0) is 12.2. The van der Waals surface area contributed by atoms with Crippen molar-refractivity contribution in [2.24, 2.45) is 0 Å². The van der Waals surface area contributed by atoms with Crippen LogP contribution in [-0.4, -0.2) is 42.1 Å². The maximum Gasteiger partial charge on any atom is 0.304 e. The number of sulfonamides is 1. The molecule has 0 radical (unpaired) electrons. The van der Waals surface area contributed by atoms with E-state index in [0.29, 0.717) is 13.0 Å². The Hall–Kier alpha value is -1.13. The first kappa shape index (κ1) is 12.9. The lowest BCUT2D eigenvalue weighted by Gasteiger charge is -2.33. The summed E-state index contributed by atoms with van der Waals surface area (Å²) in [4.78, 5) is 10.6. The van der Waals surface area contributed by atoms with E-state index in [9.17, 15) is 13.2 Å². The number of carboxylic acids is 1. The molecule has 1 aliphatic heterocycles. The van der Waals surface area contributed by atoms with Gasteiger partial charge < -0.3 is 5.11 Å². The van der Waals surface area contributed by atoms with Gasteiger partial charge in [-0.3, -0.25) is 4.79 Å². The Balaban J connectivity index is 2.82. The predicted molar refractivity (Wildman–Crippen MR) is 56.0 cm³/mol. The normalized spacial score (nSPS) is 22.6. The molecule has 1 N–H and O–H groups in total. The van der Waals surface area contributed by atoms with Crippen molar-refractivity contribution in [2.75, 3.05) is 12.3 Å². The molecule has 1 atom stereocenters. The number of hydrogen-bond acceptors (Lipinski definition) is 4. The third kappa shape index (κ3) is 3.18. The number of aliphatic carboxylic acids is 1. The highest BCUT2D eigenvalue weighted by Crippen LogP contribution is 2.22. The summed E-state index contributed by atoms with van der Waals surface area (Å²) in [6, 6.07) is 1.11. The van der Waals surface area contributed by atoms with Crippen molar-refractivity contribution >= 4 is 16.0 Å². The van der Waals surface area contributed by atoms with Crippen molar-refractivity contribution in [3.05, 3.63) is 0 Å². The zero-order valence-electron chi connectivity index (χ0n) is 8.79. The van der Waals surface area contributed by atoms with Crippen LogP contribution in [0.5, 0.6) is 0 Å². The van der Waals surface area contributed by atoms with Crippen LogP contribution in [0, 0.1) is 11.3 Å². The fraction of sp³-hybridized carbons (Fsp3) is 0.778. The fourth-order valence-electron chi connectivity index (χ4n) is 1.91. The van der Waals surface area contributed by atoms with Gasteiger partial charge in [0.1, 0.15) is 0 Å². The number of nitrogens with zero attached hydrogens (tertiary/aromatic N) is 2. The minimum Gasteiger partial charge on any atom is -0.481 e. The van der Waals surface area contributed by atoms with Crippen LogP contribution in [0.2, 0.25) is 0 Å². The van der Waals surface area contributed by atoms with Gasteiger partial charge >= 0.3 is 5.97 Å². The summed E-state index contributed by atoms with van der Waals surface area (Å²) in [7, 11) is -3.62. The van der Waals surface area contributed by atoms with Crippen LogP contribution >= 0.6 is 0 Å². The van der Waals surface area contributed by atoms with E-state index in [0.717, 1.165) is 12.8 Å². The summed E-state index contributed by atoms with van der Waals surface area (Å²) in [6.07, 6.45) is 1.92. The molecule has 0 spiro atoms. The maximum absolute atomic E-state index is 11.7. The van der Waals surface area contributed by atoms with Gasteiger partial charge in [-0.15, -0.1) is 0 Å². The average molecular weight is 246 g/mol. The Morgan fingerprint density at radius 3 is 2.75 bits per heavy atom. The molecule has 7 heteroatoms. The molecular formula is C9H14N2O4S. The van der Waals surface area contributed by atoms with E-state index < -0.39 is 27.8 Å². The maximum atomic E-state index is 11.7. The van der Waals surface area contributed by atoms with Crippen LogP contribution in [-0.2, 0) is 14.8 Å². The molecule has 16 heavy (non-hydrogen) atoms. The van der Waals surface area contributed by atoms with Crippen molar-refractivity contribution in [3.8, 4) is 6.07 Å². The Kier molecular flexibility index (Phi) is 4.26. The number of carboxylic acid groups (broad SMARTS) is 1. The van der Waals surface area contributed by atoms with Gasteiger partial charge in [0, 0.05) is 12.6 Å². The first-order valence-electron chi connectivity index (χ1n) is 5.05. The molecule has 6 nitrogen and oxygen atoms in total. The third-order valence-corrected chi connectivity index (χ3v) is 4.28. The second-order valence-corrected chi connectivity index (χ2v) is 5.69. The largest absolute Gasteiger partial charge is 0.481 e. The molecule has 0 aliphatic carbocycles. The average Bonchev–Trinajstić information content (AvgIpc) is 2.17. The quantitative estimate of drug-likeness (QED) is 0.762. The van der Waals surface area contributed by atoms with Crippen LogP contribution in [0.1, 0.15) is 25.7 Å². The molecule has 0 bridgehead atoms. The van der Waals surface area contributed by atoms with E-state index in [-0.39, 0.29) is 6.42 Å². The summed E-state index contributed by atoms with van der Waals surface area (Å²) in [5.74, 6) is -1.59. The molecule has 90 valence electrons. The first-order chi connectivity index (χ1) is 7.47. The van der Waals surface area contributed by atoms with Gasteiger partial charge in [0.25, 0.3) is 0 Å². The molecule has 1 rings (SSSR count). The zero-order valence-corrected chi connectivity index (χ0v) is 9.61. The van der Waals surface area contributed by atoms with Gasteiger partial charge in [-0.25, -0.2) is 8.42 Å². The van der Waals surface area contributed by atoms with E-state index in [1.807, 2.05) is 0 Å². The van der Waals surface area contributed by atoms with Crippen molar-refractivity contribution in [1.29, 1.82) is 5.26 Å². The van der Waals surface area contributed by atoms with E-state index in [1.54, 1.807) is 6.07 Å². The van der Waals surface area contributed by atoms with Crippen LogP contribution in [0.15, 0.2) is 0 Å². The van der Waals surface area contributed by atoms with E-state index in [1.165, 1.54) is 4.31 Å². The van der Waals surface area contributed by atoms with Crippen molar-refractivity contribution in [2.45, 2.75) is 31.7 Å². The van der Waals surface area contributed by atoms with Gasteiger partial charge in [-0.2, -0.15) is 9.57 Å². The summed E-state index contributed by atoms with van der Waals surface area (Å²) in [5.41, 5.74) is 0. The van der Waals surface area contributed by atoms with Gasteiger partial charge in [0.15, 0.2) is 5.75 Å². The minimum absolute atomic E-state index is 0.190. The molecule has 0 aromatic carbocycles. The molecule has 0 aromatic heterocycles. The lowest BCUT2D eigenvalue weighted by Crippen LogP contribution is -2.45. The monoisotopic (exact) mass is 246 g/mol. The number of carbonyl (C=O) groups is 1. The van der Waals surface area contributed by atoms with Crippen LogP contribution in [0.25, 0.3) is 0 Å². The Labute approximate surface area is 94.5 Å². The van der Waals surface area contributed by atoms with E-state index >= 15 is 0 Å². The lowest BCUT2D eigenvalue weighted by atomic mass is 10.0. The number of piperidine rings is 1. The SMILES string of the molecule is N#CCS(=O)(=O)N1CCCCC1CC(=O)O. The molecule has 1 heterocycles. The van der Waals surface area contributed by atoms with Gasteiger partial charge in [0.05, 0.1) is 12.5 Å². The van der Waals surface area contributed by atoms with Gasteiger partial charge in [-0.1, -0.05) is 6.42 Å². The Bertz CT molecular complexity index is 398. The topological polar surface area (TPSA) is 98.5 Å². The van der Waals surface area contributed by atoms with Crippen LogP contribution in [0.3, 0.4) is 0 Å². The number of hydrogen-bond donors (Lipinski definition) is 1. The highest BCUT2D eigenvalue weighted by Gasteiger charge is 2.33.